The predicted octanol–water partition coefficient (Wildman–Crippen LogP) is 2.68. The highest BCUT2D eigenvalue weighted by Gasteiger charge is 2.22. The molecule has 5 heteroatoms. The lowest BCUT2D eigenvalue weighted by Crippen LogP contribution is -2.43. The molecule has 0 saturated carbocycles. The Morgan fingerprint density at radius 2 is 1.81 bits per heavy atom. The van der Waals surface area contributed by atoms with Gasteiger partial charge in [-0.05, 0) is 29.7 Å². The van der Waals surface area contributed by atoms with Crippen LogP contribution in [0, 0.1) is 11.3 Å². The number of rotatable bonds is 7. The standard InChI is InChI=1S/C22H25N3O2/c23-16-19-8-6-18(7-9-19)10-11-22(26)24-17-21(20-4-2-1-3-5-20)25-12-14-27-15-13-25/h1-9,21H,10-15,17H2,(H,24,26). The van der Waals surface area contributed by atoms with Crippen LogP contribution >= 0.6 is 0 Å². The number of aryl methyl sites for hydroxylation is 1. The van der Waals surface area contributed by atoms with Gasteiger partial charge in [-0.15, -0.1) is 0 Å². The molecule has 27 heavy (non-hydrogen) atoms. The first-order valence-electron chi connectivity index (χ1n) is 9.39. The first-order valence-corrected chi connectivity index (χ1v) is 9.39. The summed E-state index contributed by atoms with van der Waals surface area (Å²) in [6.07, 6.45) is 1.11. The molecule has 0 radical (unpaired) electrons. The minimum Gasteiger partial charge on any atom is -0.379 e. The zero-order chi connectivity index (χ0) is 18.9. The van der Waals surface area contributed by atoms with E-state index >= 15 is 0 Å². The van der Waals surface area contributed by atoms with Gasteiger partial charge < -0.3 is 10.1 Å². The van der Waals surface area contributed by atoms with Crippen LogP contribution in [-0.2, 0) is 16.0 Å². The lowest BCUT2D eigenvalue weighted by atomic mass is 10.0. The lowest BCUT2D eigenvalue weighted by molar-refractivity contribution is -0.121. The van der Waals surface area contributed by atoms with E-state index in [4.69, 9.17) is 10.00 Å². The Bertz CT molecular complexity index is 762. The summed E-state index contributed by atoms with van der Waals surface area (Å²) in [6.45, 7) is 3.81. The summed E-state index contributed by atoms with van der Waals surface area (Å²) in [7, 11) is 0. The van der Waals surface area contributed by atoms with Gasteiger partial charge in [0.25, 0.3) is 0 Å². The maximum atomic E-state index is 12.4. The van der Waals surface area contributed by atoms with Crippen LogP contribution in [0.5, 0.6) is 0 Å². The maximum Gasteiger partial charge on any atom is 0.220 e. The minimum absolute atomic E-state index is 0.0496. The second-order valence-corrected chi connectivity index (χ2v) is 6.69. The molecule has 0 aliphatic carbocycles. The van der Waals surface area contributed by atoms with Crippen LogP contribution in [0.1, 0.15) is 29.2 Å². The van der Waals surface area contributed by atoms with Crippen molar-refractivity contribution in [1.82, 2.24) is 10.2 Å². The first kappa shape index (κ1) is 19.1. The van der Waals surface area contributed by atoms with Crippen LogP contribution in [0.2, 0.25) is 0 Å². The summed E-state index contributed by atoms with van der Waals surface area (Å²) in [5, 5.41) is 11.9. The Labute approximate surface area is 160 Å². The fourth-order valence-electron chi connectivity index (χ4n) is 3.32. The lowest BCUT2D eigenvalue weighted by Gasteiger charge is -2.35. The van der Waals surface area contributed by atoms with E-state index in [0.29, 0.717) is 24.9 Å². The fourth-order valence-corrected chi connectivity index (χ4v) is 3.32. The molecule has 0 aromatic heterocycles. The average Bonchev–Trinajstić information content (AvgIpc) is 2.74. The summed E-state index contributed by atoms with van der Waals surface area (Å²) >= 11 is 0. The predicted molar refractivity (Wildman–Crippen MR) is 104 cm³/mol. The van der Waals surface area contributed by atoms with Gasteiger partial charge >= 0.3 is 0 Å². The Balaban J connectivity index is 1.54. The summed E-state index contributed by atoms with van der Waals surface area (Å²) in [4.78, 5) is 14.7. The molecule has 2 aromatic carbocycles. The van der Waals surface area contributed by atoms with E-state index in [-0.39, 0.29) is 11.9 Å². The zero-order valence-electron chi connectivity index (χ0n) is 15.4. The van der Waals surface area contributed by atoms with Crippen molar-refractivity contribution in [2.45, 2.75) is 18.9 Å². The van der Waals surface area contributed by atoms with Crippen molar-refractivity contribution in [2.24, 2.45) is 0 Å². The fraction of sp³-hybridized carbons (Fsp3) is 0.364. The molecule has 5 nitrogen and oxygen atoms in total. The topological polar surface area (TPSA) is 65.4 Å². The van der Waals surface area contributed by atoms with Crippen molar-refractivity contribution in [3.8, 4) is 6.07 Å². The molecule has 1 N–H and O–H groups in total. The van der Waals surface area contributed by atoms with Gasteiger partial charge in [0.1, 0.15) is 0 Å². The van der Waals surface area contributed by atoms with Crippen molar-refractivity contribution in [3.05, 3.63) is 71.3 Å². The monoisotopic (exact) mass is 363 g/mol. The van der Waals surface area contributed by atoms with Gasteiger partial charge in [-0.1, -0.05) is 42.5 Å². The van der Waals surface area contributed by atoms with Gasteiger partial charge in [0.15, 0.2) is 0 Å². The number of amides is 1. The summed E-state index contributed by atoms with van der Waals surface area (Å²) in [5.41, 5.74) is 2.92. The molecule has 1 aliphatic heterocycles. The number of hydrogen-bond donors (Lipinski definition) is 1. The highest BCUT2D eigenvalue weighted by molar-refractivity contribution is 5.76. The molecule has 140 valence electrons. The minimum atomic E-state index is 0.0496. The molecule has 1 atom stereocenters. The van der Waals surface area contributed by atoms with E-state index in [1.165, 1.54) is 5.56 Å². The number of benzene rings is 2. The highest BCUT2D eigenvalue weighted by atomic mass is 16.5. The third-order valence-corrected chi connectivity index (χ3v) is 4.89. The van der Waals surface area contributed by atoms with E-state index in [0.717, 1.165) is 31.9 Å². The third kappa shape index (κ3) is 5.65. The van der Waals surface area contributed by atoms with Gasteiger partial charge in [0.05, 0.1) is 30.9 Å². The summed E-state index contributed by atoms with van der Waals surface area (Å²) < 4.78 is 5.47. The molecule has 3 rings (SSSR count). The highest BCUT2D eigenvalue weighted by Crippen LogP contribution is 2.21. The molecule has 1 saturated heterocycles. The van der Waals surface area contributed by atoms with Crippen molar-refractivity contribution in [2.75, 3.05) is 32.8 Å². The number of nitrogens with one attached hydrogen (secondary N) is 1. The molecule has 1 heterocycles. The Hall–Kier alpha value is -2.68. The smallest absolute Gasteiger partial charge is 0.220 e. The average molecular weight is 363 g/mol. The van der Waals surface area contributed by atoms with E-state index in [1.807, 2.05) is 30.3 Å². The van der Waals surface area contributed by atoms with Crippen LogP contribution in [0.25, 0.3) is 0 Å². The van der Waals surface area contributed by atoms with Crippen LogP contribution in [0.15, 0.2) is 54.6 Å². The molecule has 1 unspecified atom stereocenters. The van der Waals surface area contributed by atoms with E-state index < -0.39 is 0 Å². The molecule has 2 aromatic rings. The first-order chi connectivity index (χ1) is 13.3. The van der Waals surface area contributed by atoms with Crippen molar-refractivity contribution in [1.29, 1.82) is 5.26 Å². The van der Waals surface area contributed by atoms with Gasteiger partial charge in [0.2, 0.25) is 5.91 Å². The van der Waals surface area contributed by atoms with Crippen molar-refractivity contribution < 1.29 is 9.53 Å². The van der Waals surface area contributed by atoms with Gasteiger partial charge in [-0.2, -0.15) is 5.26 Å². The van der Waals surface area contributed by atoms with Gasteiger partial charge in [-0.3, -0.25) is 9.69 Å². The summed E-state index contributed by atoms with van der Waals surface area (Å²) in [5.74, 6) is 0.0496. The second kappa shape index (κ2) is 9.86. The molecular formula is C22H25N3O2. The molecule has 1 fully saturated rings. The SMILES string of the molecule is N#Cc1ccc(CCC(=O)NCC(c2ccccc2)N2CCOCC2)cc1. The number of nitrogens with zero attached hydrogens (tertiary/aromatic N) is 2. The number of ether oxygens (including phenoxy) is 1. The molecular weight excluding hydrogens is 338 g/mol. The molecule has 1 amide bonds. The number of carbonyl (C=O) groups is 1. The maximum absolute atomic E-state index is 12.4. The van der Waals surface area contributed by atoms with Crippen LogP contribution < -0.4 is 5.32 Å². The number of carbonyl (C=O) groups excluding carboxylic acids is 1. The van der Waals surface area contributed by atoms with Crippen molar-refractivity contribution in [3.63, 3.8) is 0 Å². The Kier molecular flexibility index (Phi) is 6.97. The molecule has 1 aliphatic rings. The quantitative estimate of drug-likeness (QED) is 0.821. The number of morpholine rings is 1. The van der Waals surface area contributed by atoms with Crippen LogP contribution in [-0.4, -0.2) is 43.7 Å². The van der Waals surface area contributed by atoms with Crippen LogP contribution in [0.3, 0.4) is 0 Å². The number of nitriles is 1. The van der Waals surface area contributed by atoms with Gasteiger partial charge in [-0.25, -0.2) is 0 Å². The van der Waals surface area contributed by atoms with Gasteiger partial charge in [0, 0.05) is 26.1 Å². The van der Waals surface area contributed by atoms with Crippen molar-refractivity contribution >= 4 is 5.91 Å². The Morgan fingerprint density at radius 3 is 2.48 bits per heavy atom. The summed E-state index contributed by atoms with van der Waals surface area (Å²) in [6, 6.07) is 20.0. The normalized spacial score (nSPS) is 15.7. The van der Waals surface area contributed by atoms with E-state index in [1.54, 1.807) is 12.1 Å². The van der Waals surface area contributed by atoms with E-state index in [9.17, 15) is 4.79 Å². The number of hydrogen-bond acceptors (Lipinski definition) is 4. The van der Waals surface area contributed by atoms with E-state index in [2.05, 4.69) is 28.4 Å². The largest absolute Gasteiger partial charge is 0.379 e. The zero-order valence-corrected chi connectivity index (χ0v) is 15.4. The Morgan fingerprint density at radius 1 is 1.11 bits per heavy atom. The molecule has 0 spiro atoms. The molecule has 0 bridgehead atoms. The third-order valence-electron chi connectivity index (χ3n) is 4.89. The van der Waals surface area contributed by atoms with Crippen LogP contribution in [0.4, 0.5) is 0 Å². The second-order valence-electron chi connectivity index (χ2n) is 6.69.